The molecule has 0 N–H and O–H groups in total. The molecular weight excluding hydrogens is 332 g/mol. The van der Waals surface area contributed by atoms with E-state index < -0.39 is 26.4 Å². The lowest BCUT2D eigenvalue weighted by Gasteiger charge is -2.33. The number of hydrogen-bond donors (Lipinski definition) is 0. The van der Waals surface area contributed by atoms with Crippen LogP contribution in [-0.2, 0) is 25.9 Å². The number of carbonyl (C=O) groups excluding carboxylic acids is 1. The number of hydrogen-bond acceptors (Lipinski definition) is 4. The van der Waals surface area contributed by atoms with Crippen LogP contribution in [0.2, 0.25) is 0 Å². The zero-order valence-electron chi connectivity index (χ0n) is 12.7. The van der Waals surface area contributed by atoms with E-state index in [1.54, 1.807) is 0 Å². The van der Waals surface area contributed by atoms with E-state index in [4.69, 9.17) is 11.6 Å². The Hall–Kier alpha value is -0.720. The van der Waals surface area contributed by atoms with Gasteiger partial charge < -0.3 is 0 Å². The smallest absolute Gasteiger partial charge is 0.249 e. The van der Waals surface area contributed by atoms with Gasteiger partial charge in [0.1, 0.15) is 0 Å². The Bertz CT molecular complexity index is 687. The van der Waals surface area contributed by atoms with Crippen LogP contribution in [0, 0.1) is 11.3 Å². The zero-order chi connectivity index (χ0) is 16.6. The molecule has 0 bridgehead atoms. The van der Waals surface area contributed by atoms with E-state index in [1.807, 2.05) is 27.7 Å². The molecule has 0 aromatic rings. The quantitative estimate of drug-likeness (QED) is 0.579. The van der Waals surface area contributed by atoms with Crippen LogP contribution in [0.4, 0.5) is 0 Å². The molecule has 7 heteroatoms. The molecule has 0 aliphatic heterocycles. The fraction of sp³-hybridized carbons (Fsp3) is 0.571. The first-order valence-electron chi connectivity index (χ1n) is 6.48. The molecule has 118 valence electrons. The number of halogens is 1. The lowest BCUT2D eigenvalue weighted by atomic mass is 9.75. The van der Waals surface area contributed by atoms with E-state index in [-0.39, 0.29) is 21.7 Å². The average Bonchev–Trinajstić information content (AvgIpc) is 2.33. The van der Waals surface area contributed by atoms with Crippen molar-refractivity contribution in [3.05, 3.63) is 22.1 Å². The van der Waals surface area contributed by atoms with Crippen molar-refractivity contribution in [3.8, 4) is 0 Å². The van der Waals surface area contributed by atoms with Crippen molar-refractivity contribution in [2.45, 2.75) is 34.1 Å². The van der Waals surface area contributed by atoms with Crippen molar-refractivity contribution in [1.29, 1.82) is 0 Å². The summed E-state index contributed by atoms with van der Waals surface area (Å²) in [5.41, 5.74) is 0.125. The molecule has 1 aliphatic carbocycles. The first-order valence-corrected chi connectivity index (χ1v) is 9.49. The highest BCUT2D eigenvalue weighted by Crippen LogP contribution is 2.40. The van der Waals surface area contributed by atoms with Crippen LogP contribution >= 0.6 is 11.6 Å². The van der Waals surface area contributed by atoms with E-state index in [0.717, 1.165) is 6.26 Å². The zero-order valence-corrected chi connectivity index (χ0v) is 15.1. The number of sulfone groups is 1. The van der Waals surface area contributed by atoms with Gasteiger partial charge in [0.05, 0.1) is 21.0 Å². The molecular formula is C14H19ClO4S2. The second kappa shape index (κ2) is 6.18. The number of allylic oxidation sites excluding steroid dienone is 3. The van der Waals surface area contributed by atoms with Gasteiger partial charge in [-0.15, -0.1) is 0 Å². The van der Waals surface area contributed by atoms with Crippen LogP contribution in [0.15, 0.2) is 22.1 Å². The minimum absolute atomic E-state index is 0.0158. The third-order valence-electron chi connectivity index (χ3n) is 3.35. The molecule has 0 saturated heterocycles. The molecule has 0 spiro atoms. The third kappa shape index (κ3) is 3.73. The summed E-state index contributed by atoms with van der Waals surface area (Å²) in [6.07, 6.45) is 2.91. The fourth-order valence-electron chi connectivity index (χ4n) is 2.48. The number of rotatable bonds is 3. The Labute approximate surface area is 134 Å². The Kier molecular flexibility index (Phi) is 5.40. The Morgan fingerprint density at radius 2 is 1.90 bits per heavy atom. The molecule has 1 rings (SSSR count). The summed E-state index contributed by atoms with van der Waals surface area (Å²) >= 11 is 5.83. The second-order valence-corrected chi connectivity index (χ2v) is 8.98. The minimum Gasteiger partial charge on any atom is -0.276 e. The molecule has 0 heterocycles. The van der Waals surface area contributed by atoms with Gasteiger partial charge in [0, 0.05) is 17.7 Å². The van der Waals surface area contributed by atoms with Gasteiger partial charge in [-0.2, -0.15) is 0 Å². The van der Waals surface area contributed by atoms with Gasteiger partial charge in [-0.3, -0.25) is 4.79 Å². The minimum atomic E-state index is -3.58. The van der Waals surface area contributed by atoms with Crippen molar-refractivity contribution in [2.75, 3.05) is 6.26 Å². The molecule has 1 aliphatic rings. The van der Waals surface area contributed by atoms with Gasteiger partial charge in [-0.1, -0.05) is 27.7 Å². The number of carbonyl (C=O) groups is 1. The SMILES string of the molecule is CCC1C(C(=O)Cl)=CC(S(C)(=O)=O)=C(C(C)(C)C)C1=S=O. The van der Waals surface area contributed by atoms with Gasteiger partial charge in [0.15, 0.2) is 9.84 Å². The van der Waals surface area contributed by atoms with Crippen LogP contribution in [0.5, 0.6) is 0 Å². The summed E-state index contributed by atoms with van der Waals surface area (Å²) in [5.74, 6) is -0.447. The van der Waals surface area contributed by atoms with Gasteiger partial charge in [-0.05, 0) is 35.1 Å². The first kappa shape index (κ1) is 18.3. The summed E-state index contributed by atoms with van der Waals surface area (Å²) in [5, 5.41) is -0.720. The van der Waals surface area contributed by atoms with Crippen molar-refractivity contribution in [2.24, 2.45) is 11.3 Å². The highest BCUT2D eigenvalue weighted by atomic mass is 35.5. The summed E-state index contributed by atoms with van der Waals surface area (Å²) in [6, 6.07) is 0. The maximum absolute atomic E-state index is 12.1. The topological polar surface area (TPSA) is 68.3 Å². The van der Waals surface area contributed by atoms with Crippen LogP contribution in [-0.4, -0.2) is 29.0 Å². The van der Waals surface area contributed by atoms with E-state index in [1.165, 1.54) is 6.08 Å². The monoisotopic (exact) mass is 350 g/mol. The van der Waals surface area contributed by atoms with E-state index in [9.17, 15) is 17.4 Å². The lowest BCUT2D eigenvalue weighted by molar-refractivity contribution is -0.108. The maximum atomic E-state index is 12.1. The van der Waals surface area contributed by atoms with Crippen LogP contribution in [0.25, 0.3) is 0 Å². The van der Waals surface area contributed by atoms with Gasteiger partial charge in [-0.25, -0.2) is 12.6 Å². The summed E-state index contributed by atoms with van der Waals surface area (Å²) in [4.78, 5) is 12.0. The molecule has 0 amide bonds. The van der Waals surface area contributed by atoms with Crippen molar-refractivity contribution < 1.29 is 17.4 Å². The highest BCUT2D eigenvalue weighted by molar-refractivity contribution is 7.94. The first-order chi connectivity index (χ1) is 9.45. The lowest BCUT2D eigenvalue weighted by Crippen LogP contribution is -2.33. The Morgan fingerprint density at radius 3 is 2.19 bits per heavy atom. The predicted octanol–water partition coefficient (Wildman–Crippen LogP) is 2.45. The Morgan fingerprint density at radius 1 is 1.38 bits per heavy atom. The molecule has 4 nitrogen and oxygen atoms in total. The second-order valence-electron chi connectivity index (χ2n) is 6.04. The average molecular weight is 351 g/mol. The molecule has 21 heavy (non-hydrogen) atoms. The standard InChI is InChI=1S/C14H19ClO4S2/c1-6-8-9(13(15)16)7-10(21(5,18)19)11(12(8)20-17)14(2,3)4/h7-8H,6H2,1-5H3. The van der Waals surface area contributed by atoms with Crippen molar-refractivity contribution in [1.82, 2.24) is 0 Å². The largest absolute Gasteiger partial charge is 0.276 e. The molecule has 0 aromatic carbocycles. The summed E-state index contributed by atoms with van der Waals surface area (Å²) in [6.45, 7) is 7.37. The Balaban J connectivity index is 3.91. The van der Waals surface area contributed by atoms with Gasteiger partial charge in [0.25, 0.3) is 0 Å². The van der Waals surface area contributed by atoms with Gasteiger partial charge >= 0.3 is 0 Å². The van der Waals surface area contributed by atoms with Crippen LogP contribution in [0.1, 0.15) is 34.1 Å². The molecule has 1 atom stereocenters. The summed E-state index contributed by atoms with van der Waals surface area (Å²) in [7, 11) is -3.58. The van der Waals surface area contributed by atoms with Crippen LogP contribution < -0.4 is 0 Å². The highest BCUT2D eigenvalue weighted by Gasteiger charge is 2.38. The van der Waals surface area contributed by atoms with E-state index in [0.29, 0.717) is 16.9 Å². The van der Waals surface area contributed by atoms with Crippen molar-refractivity contribution >= 4 is 42.8 Å². The third-order valence-corrected chi connectivity index (χ3v) is 5.35. The molecule has 0 aromatic heterocycles. The molecule has 0 saturated carbocycles. The fourth-order valence-corrected chi connectivity index (χ4v) is 4.77. The van der Waals surface area contributed by atoms with E-state index in [2.05, 4.69) is 0 Å². The molecule has 1 unspecified atom stereocenters. The van der Waals surface area contributed by atoms with Crippen molar-refractivity contribution in [3.63, 3.8) is 0 Å². The predicted molar refractivity (Wildman–Crippen MR) is 87.2 cm³/mol. The molecule has 0 fully saturated rings. The van der Waals surface area contributed by atoms with Gasteiger partial charge in [0.2, 0.25) is 5.24 Å². The molecule has 0 radical (unpaired) electrons. The normalized spacial score (nSPS) is 20.4. The van der Waals surface area contributed by atoms with E-state index >= 15 is 0 Å². The van der Waals surface area contributed by atoms with Crippen LogP contribution in [0.3, 0.4) is 0 Å². The maximum Gasteiger partial charge on any atom is 0.249 e. The summed E-state index contributed by atoms with van der Waals surface area (Å²) < 4.78 is 35.8.